The largest absolute Gasteiger partial charge is 0.497 e. The predicted octanol–water partition coefficient (Wildman–Crippen LogP) is 3.88. The molecule has 9 heteroatoms. The maximum absolute atomic E-state index is 11.8. The van der Waals surface area contributed by atoms with Gasteiger partial charge >= 0.3 is 0 Å². The summed E-state index contributed by atoms with van der Waals surface area (Å²) in [7, 11) is 6.69. The van der Waals surface area contributed by atoms with Gasteiger partial charge in [0, 0.05) is 38.5 Å². The summed E-state index contributed by atoms with van der Waals surface area (Å²) in [6, 6.07) is 14.4. The van der Waals surface area contributed by atoms with Crippen molar-refractivity contribution < 1.29 is 19.0 Å². The fraction of sp³-hybridized carbons (Fsp3) is 0.174. The summed E-state index contributed by atoms with van der Waals surface area (Å²) in [5.41, 5.74) is 2.72. The molecule has 2 heterocycles. The molecule has 164 valence electrons. The van der Waals surface area contributed by atoms with Gasteiger partial charge in [-0.05, 0) is 30.3 Å². The highest BCUT2D eigenvalue weighted by Gasteiger charge is 2.13. The summed E-state index contributed by atoms with van der Waals surface area (Å²) in [4.78, 5) is 20.5. The van der Waals surface area contributed by atoms with Crippen molar-refractivity contribution in [3.05, 3.63) is 60.4 Å². The zero-order valence-corrected chi connectivity index (χ0v) is 18.2. The van der Waals surface area contributed by atoms with Crippen molar-refractivity contribution in [1.29, 1.82) is 0 Å². The Morgan fingerprint density at radius 1 is 0.969 bits per heavy atom. The van der Waals surface area contributed by atoms with Gasteiger partial charge < -0.3 is 29.4 Å². The Morgan fingerprint density at radius 2 is 1.75 bits per heavy atom. The summed E-state index contributed by atoms with van der Waals surface area (Å²) in [5.74, 6) is 2.82. The van der Waals surface area contributed by atoms with E-state index in [1.54, 1.807) is 39.5 Å². The maximum atomic E-state index is 11.8. The van der Waals surface area contributed by atoms with Crippen LogP contribution in [0.15, 0.2) is 54.7 Å². The lowest BCUT2D eigenvalue weighted by Gasteiger charge is -2.12. The van der Waals surface area contributed by atoms with Crippen LogP contribution >= 0.6 is 0 Å². The van der Waals surface area contributed by atoms with E-state index < -0.39 is 0 Å². The third-order valence-electron chi connectivity index (χ3n) is 4.93. The molecule has 0 bridgehead atoms. The highest BCUT2D eigenvalue weighted by atomic mass is 16.5. The number of fused-ring (bicyclic) bond motifs is 1. The van der Waals surface area contributed by atoms with Crippen LogP contribution in [0.1, 0.15) is 10.5 Å². The Morgan fingerprint density at radius 3 is 2.50 bits per heavy atom. The quantitative estimate of drug-likeness (QED) is 0.456. The van der Waals surface area contributed by atoms with Crippen LogP contribution in [0, 0.1) is 0 Å². The van der Waals surface area contributed by atoms with Crippen LogP contribution in [-0.2, 0) is 7.05 Å². The van der Waals surface area contributed by atoms with E-state index in [0.717, 1.165) is 16.7 Å². The minimum atomic E-state index is -0.277. The Bertz CT molecular complexity index is 1280. The summed E-state index contributed by atoms with van der Waals surface area (Å²) in [6.45, 7) is 0. The number of hydrogen-bond donors (Lipinski definition) is 2. The Kier molecular flexibility index (Phi) is 5.80. The average molecular weight is 433 g/mol. The third kappa shape index (κ3) is 4.13. The van der Waals surface area contributed by atoms with E-state index in [4.69, 9.17) is 19.2 Å². The van der Waals surface area contributed by atoms with E-state index in [1.165, 1.54) is 6.20 Å². The molecule has 0 saturated carbocycles. The molecule has 2 N–H and O–H groups in total. The highest BCUT2D eigenvalue weighted by Crippen LogP contribution is 2.33. The fourth-order valence-corrected chi connectivity index (χ4v) is 3.24. The van der Waals surface area contributed by atoms with Crippen LogP contribution < -0.4 is 24.8 Å². The minimum Gasteiger partial charge on any atom is -0.497 e. The van der Waals surface area contributed by atoms with Crippen molar-refractivity contribution in [3.8, 4) is 23.0 Å². The minimum absolute atomic E-state index is 0.277. The van der Waals surface area contributed by atoms with Crippen molar-refractivity contribution >= 4 is 28.6 Å². The van der Waals surface area contributed by atoms with Crippen LogP contribution in [0.3, 0.4) is 0 Å². The molecular weight excluding hydrogens is 410 g/mol. The van der Waals surface area contributed by atoms with E-state index in [0.29, 0.717) is 28.9 Å². The van der Waals surface area contributed by atoms with Crippen molar-refractivity contribution in [2.75, 3.05) is 26.6 Å². The summed E-state index contributed by atoms with van der Waals surface area (Å²) >= 11 is 0. The molecule has 0 atom stereocenters. The second kappa shape index (κ2) is 8.84. The number of nitrogens with one attached hydrogen (secondary N) is 2. The van der Waals surface area contributed by atoms with Gasteiger partial charge in [-0.3, -0.25) is 9.78 Å². The molecule has 2 aromatic carbocycles. The molecule has 0 unspecified atom stereocenters. The molecular formula is C23H23N5O4. The van der Waals surface area contributed by atoms with E-state index in [1.807, 2.05) is 41.9 Å². The first kappa shape index (κ1) is 21.0. The number of rotatable bonds is 7. The number of aromatic nitrogens is 3. The number of carbonyl (C=O) groups is 1. The number of amides is 1. The number of methoxy groups -OCH3 is 2. The van der Waals surface area contributed by atoms with Crippen LogP contribution in [-0.4, -0.2) is 41.7 Å². The van der Waals surface area contributed by atoms with E-state index >= 15 is 0 Å². The topological polar surface area (TPSA) is 99.5 Å². The first-order chi connectivity index (χ1) is 15.5. The number of carbonyl (C=O) groups excluding carboxylic acids is 1. The molecule has 0 saturated heterocycles. The lowest BCUT2D eigenvalue weighted by molar-refractivity contribution is 0.0958. The summed E-state index contributed by atoms with van der Waals surface area (Å²) < 4.78 is 18.6. The maximum Gasteiger partial charge on any atom is 0.269 e. The average Bonchev–Trinajstić information content (AvgIpc) is 3.13. The van der Waals surface area contributed by atoms with Gasteiger partial charge in [0.2, 0.25) is 5.95 Å². The molecule has 4 rings (SSSR count). The lowest BCUT2D eigenvalue weighted by Crippen LogP contribution is -2.18. The molecule has 9 nitrogen and oxygen atoms in total. The first-order valence-corrected chi connectivity index (χ1v) is 9.84. The molecule has 0 fully saturated rings. The Hall–Kier alpha value is -4.27. The van der Waals surface area contributed by atoms with Crippen LogP contribution in [0.2, 0.25) is 0 Å². The molecule has 2 aromatic heterocycles. The monoisotopic (exact) mass is 433 g/mol. The van der Waals surface area contributed by atoms with Gasteiger partial charge in [-0.15, -0.1) is 0 Å². The number of anilines is 2. The van der Waals surface area contributed by atoms with Gasteiger partial charge in [-0.2, -0.15) is 0 Å². The Balaban J connectivity index is 1.61. The second-order valence-corrected chi connectivity index (χ2v) is 6.89. The fourth-order valence-electron chi connectivity index (χ4n) is 3.24. The SMILES string of the molecule is CNC(=O)c1cc(Oc2ccc3c(c2)nc(Nc2ccc(OC)cc2OC)n3C)ccn1. The number of hydrogen-bond acceptors (Lipinski definition) is 7. The molecule has 0 aliphatic carbocycles. The molecule has 1 amide bonds. The summed E-state index contributed by atoms with van der Waals surface area (Å²) in [6.07, 6.45) is 1.53. The summed E-state index contributed by atoms with van der Waals surface area (Å²) in [5, 5.41) is 5.85. The molecule has 0 aliphatic heterocycles. The lowest BCUT2D eigenvalue weighted by atomic mass is 10.2. The van der Waals surface area contributed by atoms with Crippen molar-refractivity contribution in [2.24, 2.45) is 7.05 Å². The van der Waals surface area contributed by atoms with Gasteiger partial charge in [0.1, 0.15) is 28.7 Å². The smallest absolute Gasteiger partial charge is 0.269 e. The second-order valence-electron chi connectivity index (χ2n) is 6.89. The van der Waals surface area contributed by atoms with Crippen molar-refractivity contribution in [1.82, 2.24) is 19.9 Å². The van der Waals surface area contributed by atoms with Crippen molar-refractivity contribution in [2.45, 2.75) is 0 Å². The van der Waals surface area contributed by atoms with Gasteiger partial charge in [0.25, 0.3) is 5.91 Å². The number of nitrogens with zero attached hydrogens (tertiary/aromatic N) is 3. The predicted molar refractivity (Wildman–Crippen MR) is 121 cm³/mol. The van der Waals surface area contributed by atoms with Crippen molar-refractivity contribution in [3.63, 3.8) is 0 Å². The molecule has 0 aliphatic rings. The third-order valence-corrected chi connectivity index (χ3v) is 4.93. The molecule has 0 radical (unpaired) electrons. The molecule has 0 spiro atoms. The Labute approximate surface area is 185 Å². The van der Waals surface area contributed by atoms with Crippen LogP contribution in [0.5, 0.6) is 23.0 Å². The highest BCUT2D eigenvalue weighted by molar-refractivity contribution is 5.92. The first-order valence-electron chi connectivity index (χ1n) is 9.84. The van der Waals surface area contributed by atoms with Gasteiger partial charge in [-0.25, -0.2) is 4.98 Å². The number of ether oxygens (including phenoxy) is 3. The van der Waals surface area contributed by atoms with E-state index in [-0.39, 0.29) is 11.6 Å². The normalized spacial score (nSPS) is 10.6. The number of pyridine rings is 1. The standard InChI is InChI=1S/C23H23N5O4/c1-24-22(29)19-12-16(9-10-25-19)32-15-6-8-20-18(11-15)27-23(28(20)2)26-17-7-5-14(30-3)13-21(17)31-4/h5-13H,1-4H3,(H,24,29)(H,26,27). The molecule has 4 aromatic rings. The molecule has 32 heavy (non-hydrogen) atoms. The van der Waals surface area contributed by atoms with Gasteiger partial charge in [-0.1, -0.05) is 0 Å². The number of imidazole rings is 1. The van der Waals surface area contributed by atoms with Gasteiger partial charge in [0.15, 0.2) is 0 Å². The number of aryl methyl sites for hydroxylation is 1. The van der Waals surface area contributed by atoms with Gasteiger partial charge in [0.05, 0.1) is 30.9 Å². The zero-order chi connectivity index (χ0) is 22.7. The van der Waals surface area contributed by atoms with Crippen LogP contribution in [0.25, 0.3) is 11.0 Å². The zero-order valence-electron chi connectivity index (χ0n) is 18.2. The van der Waals surface area contributed by atoms with Crippen LogP contribution in [0.4, 0.5) is 11.6 Å². The van der Waals surface area contributed by atoms with E-state index in [9.17, 15) is 4.79 Å². The van der Waals surface area contributed by atoms with E-state index in [2.05, 4.69) is 15.6 Å². The number of benzene rings is 2.